The van der Waals surface area contributed by atoms with E-state index in [0.29, 0.717) is 49.2 Å². The smallest absolute Gasteiger partial charge is 0.189 e. The van der Waals surface area contributed by atoms with Gasteiger partial charge in [-0.15, -0.1) is 0 Å². The summed E-state index contributed by atoms with van der Waals surface area (Å²) < 4.78 is 23.7. The molecule has 186 valence electrons. The molecule has 2 rings (SSSR count). The SMILES string of the molecule is CCCOc1cc(OCCC)c(OCCC)c(C(=O)/C=C/c2cc(CC)ccc2OCCC)c1. The third kappa shape index (κ3) is 8.12. The molecule has 2 aromatic carbocycles. The summed E-state index contributed by atoms with van der Waals surface area (Å²) in [4.78, 5) is 13.4. The lowest BCUT2D eigenvalue weighted by atomic mass is 10.0. The Hall–Kier alpha value is -2.95. The minimum absolute atomic E-state index is 0.169. The van der Waals surface area contributed by atoms with Gasteiger partial charge >= 0.3 is 0 Å². The standard InChI is InChI=1S/C29H40O5/c1-6-15-31-24-20-25(29(34-18-9-4)28(21-24)33-17-8-3)26(30)13-12-23-19-22(10-5)11-14-27(23)32-16-7-2/h11-14,19-21H,6-10,15-18H2,1-5H3/b13-12+. The molecule has 0 unspecified atom stereocenters. The molecule has 0 atom stereocenters. The quantitative estimate of drug-likeness (QED) is 0.191. The van der Waals surface area contributed by atoms with E-state index in [-0.39, 0.29) is 5.78 Å². The molecular weight excluding hydrogens is 428 g/mol. The molecule has 0 aromatic heterocycles. The van der Waals surface area contributed by atoms with Gasteiger partial charge in [0.1, 0.15) is 11.5 Å². The van der Waals surface area contributed by atoms with Crippen LogP contribution < -0.4 is 18.9 Å². The van der Waals surface area contributed by atoms with Crippen LogP contribution in [0, 0.1) is 0 Å². The fourth-order valence-electron chi connectivity index (χ4n) is 3.28. The van der Waals surface area contributed by atoms with Crippen molar-refractivity contribution < 1.29 is 23.7 Å². The number of carbonyl (C=O) groups is 1. The normalized spacial score (nSPS) is 11.0. The van der Waals surface area contributed by atoms with Crippen molar-refractivity contribution in [2.45, 2.75) is 66.7 Å². The predicted octanol–water partition coefficient (Wildman–Crippen LogP) is 7.30. The van der Waals surface area contributed by atoms with Crippen molar-refractivity contribution in [2.24, 2.45) is 0 Å². The molecule has 0 amide bonds. The molecule has 0 N–H and O–H groups in total. The maximum atomic E-state index is 13.4. The molecule has 0 aliphatic carbocycles. The lowest BCUT2D eigenvalue weighted by molar-refractivity contribution is 0.104. The first-order valence-corrected chi connectivity index (χ1v) is 12.6. The molecule has 0 saturated heterocycles. The Morgan fingerprint density at radius 2 is 1.35 bits per heavy atom. The van der Waals surface area contributed by atoms with E-state index in [1.54, 1.807) is 12.1 Å². The second-order valence-corrected chi connectivity index (χ2v) is 8.12. The Kier molecular flexibility index (Phi) is 12.1. The van der Waals surface area contributed by atoms with Crippen LogP contribution in [0.15, 0.2) is 36.4 Å². The number of benzene rings is 2. The van der Waals surface area contributed by atoms with Crippen LogP contribution in [0.5, 0.6) is 23.0 Å². The van der Waals surface area contributed by atoms with E-state index in [9.17, 15) is 4.79 Å². The number of aryl methyl sites for hydroxylation is 1. The lowest BCUT2D eigenvalue weighted by Gasteiger charge is -2.17. The number of ketones is 1. The molecule has 0 heterocycles. The first-order valence-electron chi connectivity index (χ1n) is 12.6. The predicted molar refractivity (Wildman–Crippen MR) is 139 cm³/mol. The third-order valence-corrected chi connectivity index (χ3v) is 5.04. The Labute approximate surface area is 205 Å². The molecule has 5 nitrogen and oxygen atoms in total. The molecule has 0 radical (unpaired) electrons. The monoisotopic (exact) mass is 468 g/mol. The Balaban J connectivity index is 2.46. The van der Waals surface area contributed by atoms with Crippen molar-refractivity contribution in [2.75, 3.05) is 26.4 Å². The molecule has 0 aliphatic rings. The van der Waals surface area contributed by atoms with E-state index in [1.165, 1.54) is 5.56 Å². The number of hydrogen-bond acceptors (Lipinski definition) is 5. The van der Waals surface area contributed by atoms with Crippen molar-refractivity contribution in [3.8, 4) is 23.0 Å². The van der Waals surface area contributed by atoms with Crippen LogP contribution in [0.25, 0.3) is 6.08 Å². The van der Waals surface area contributed by atoms with Crippen LogP contribution in [0.1, 0.15) is 81.8 Å². The minimum atomic E-state index is -0.169. The van der Waals surface area contributed by atoms with Gasteiger partial charge in [-0.3, -0.25) is 4.79 Å². The molecule has 0 saturated carbocycles. The second kappa shape index (κ2) is 15.0. The highest BCUT2D eigenvalue weighted by Crippen LogP contribution is 2.37. The fraction of sp³-hybridized carbons (Fsp3) is 0.483. The number of allylic oxidation sites excluding steroid dienone is 1. The molecule has 0 aliphatic heterocycles. The zero-order valence-corrected chi connectivity index (χ0v) is 21.4. The average molecular weight is 469 g/mol. The molecule has 0 fully saturated rings. The van der Waals surface area contributed by atoms with Crippen LogP contribution in [0.4, 0.5) is 0 Å². The van der Waals surface area contributed by atoms with Gasteiger partial charge in [-0.1, -0.05) is 40.7 Å². The Morgan fingerprint density at radius 1 is 0.735 bits per heavy atom. The van der Waals surface area contributed by atoms with E-state index in [0.717, 1.165) is 43.4 Å². The van der Waals surface area contributed by atoms with E-state index in [2.05, 4.69) is 26.0 Å². The van der Waals surface area contributed by atoms with Crippen LogP contribution in [-0.4, -0.2) is 32.2 Å². The van der Waals surface area contributed by atoms with Crippen molar-refractivity contribution in [1.82, 2.24) is 0 Å². The third-order valence-electron chi connectivity index (χ3n) is 5.04. The summed E-state index contributed by atoms with van der Waals surface area (Å²) in [7, 11) is 0. The maximum Gasteiger partial charge on any atom is 0.189 e. The van der Waals surface area contributed by atoms with Crippen LogP contribution in [0.3, 0.4) is 0 Å². The van der Waals surface area contributed by atoms with Crippen LogP contribution in [-0.2, 0) is 6.42 Å². The highest BCUT2D eigenvalue weighted by Gasteiger charge is 2.19. The van der Waals surface area contributed by atoms with Crippen molar-refractivity contribution in [3.05, 3.63) is 53.1 Å². The number of carbonyl (C=O) groups excluding carboxylic acids is 1. The summed E-state index contributed by atoms with van der Waals surface area (Å²) in [5.41, 5.74) is 2.51. The summed E-state index contributed by atoms with van der Waals surface area (Å²) in [5, 5.41) is 0. The first kappa shape index (κ1) is 27.3. The van der Waals surface area contributed by atoms with Gasteiger partial charge in [0.25, 0.3) is 0 Å². The summed E-state index contributed by atoms with van der Waals surface area (Å²) in [5.74, 6) is 2.22. The topological polar surface area (TPSA) is 54.0 Å². The molecule has 0 spiro atoms. The fourth-order valence-corrected chi connectivity index (χ4v) is 3.28. The van der Waals surface area contributed by atoms with Gasteiger partial charge in [-0.05, 0) is 68.0 Å². The van der Waals surface area contributed by atoms with Gasteiger partial charge in [0.05, 0.1) is 32.0 Å². The molecular formula is C29H40O5. The van der Waals surface area contributed by atoms with E-state index >= 15 is 0 Å². The largest absolute Gasteiger partial charge is 0.493 e. The van der Waals surface area contributed by atoms with E-state index in [4.69, 9.17) is 18.9 Å². The number of hydrogen-bond donors (Lipinski definition) is 0. The van der Waals surface area contributed by atoms with Crippen molar-refractivity contribution in [3.63, 3.8) is 0 Å². The van der Waals surface area contributed by atoms with Crippen molar-refractivity contribution >= 4 is 11.9 Å². The highest BCUT2D eigenvalue weighted by molar-refractivity contribution is 6.09. The Morgan fingerprint density at radius 3 is 2.00 bits per heavy atom. The summed E-state index contributed by atoms with van der Waals surface area (Å²) in [6, 6.07) is 9.68. The molecule has 0 bridgehead atoms. The summed E-state index contributed by atoms with van der Waals surface area (Å²) in [6.07, 6.45) is 7.78. The summed E-state index contributed by atoms with van der Waals surface area (Å²) >= 11 is 0. The molecule has 2 aromatic rings. The van der Waals surface area contributed by atoms with E-state index in [1.807, 2.05) is 39.0 Å². The number of rotatable bonds is 16. The van der Waals surface area contributed by atoms with Gasteiger partial charge in [-0.2, -0.15) is 0 Å². The maximum absolute atomic E-state index is 13.4. The van der Waals surface area contributed by atoms with Gasteiger partial charge in [-0.25, -0.2) is 0 Å². The van der Waals surface area contributed by atoms with Gasteiger partial charge in [0, 0.05) is 11.6 Å². The lowest BCUT2D eigenvalue weighted by Crippen LogP contribution is -2.08. The van der Waals surface area contributed by atoms with E-state index < -0.39 is 0 Å². The highest BCUT2D eigenvalue weighted by atomic mass is 16.5. The Bertz CT molecular complexity index is 932. The zero-order valence-electron chi connectivity index (χ0n) is 21.4. The van der Waals surface area contributed by atoms with Gasteiger partial charge in [0.15, 0.2) is 17.3 Å². The van der Waals surface area contributed by atoms with Gasteiger partial charge < -0.3 is 18.9 Å². The molecule has 34 heavy (non-hydrogen) atoms. The minimum Gasteiger partial charge on any atom is -0.493 e. The van der Waals surface area contributed by atoms with Crippen LogP contribution >= 0.6 is 0 Å². The van der Waals surface area contributed by atoms with Gasteiger partial charge in [0.2, 0.25) is 0 Å². The zero-order chi connectivity index (χ0) is 24.8. The summed E-state index contributed by atoms with van der Waals surface area (Å²) in [6.45, 7) is 12.5. The average Bonchev–Trinajstić information content (AvgIpc) is 2.87. The first-order chi connectivity index (χ1) is 16.6. The number of ether oxygens (including phenoxy) is 4. The second-order valence-electron chi connectivity index (χ2n) is 8.12. The molecule has 5 heteroatoms. The van der Waals surface area contributed by atoms with Crippen LogP contribution in [0.2, 0.25) is 0 Å². The van der Waals surface area contributed by atoms with Crippen molar-refractivity contribution in [1.29, 1.82) is 0 Å².